The molecule has 1 aromatic rings. The van der Waals surface area contributed by atoms with Crippen LogP contribution < -0.4 is 10.6 Å². The molecule has 1 saturated heterocycles. The lowest BCUT2D eigenvalue weighted by atomic mass is 10.1. The molecule has 0 radical (unpaired) electrons. The highest BCUT2D eigenvalue weighted by molar-refractivity contribution is 5.96. The van der Waals surface area contributed by atoms with Crippen LogP contribution in [0.25, 0.3) is 0 Å². The average molecular weight is 361 g/mol. The van der Waals surface area contributed by atoms with E-state index in [0.717, 1.165) is 5.56 Å². The molecule has 0 bridgehead atoms. The number of benzene rings is 1. The fourth-order valence-electron chi connectivity index (χ4n) is 2.80. The molecule has 1 aliphatic rings. The van der Waals surface area contributed by atoms with Gasteiger partial charge in [-0.1, -0.05) is 30.3 Å². The van der Waals surface area contributed by atoms with E-state index in [2.05, 4.69) is 5.32 Å². The zero-order chi connectivity index (χ0) is 19.1. The quantitative estimate of drug-likeness (QED) is 0.735. The van der Waals surface area contributed by atoms with Gasteiger partial charge in [0.25, 0.3) is 5.91 Å². The van der Waals surface area contributed by atoms with Crippen LogP contribution in [0.4, 0.5) is 4.79 Å². The first-order valence-electron chi connectivity index (χ1n) is 8.51. The summed E-state index contributed by atoms with van der Waals surface area (Å²) in [6, 6.07) is 8.74. The number of amides is 4. The smallest absolute Gasteiger partial charge is 0.321 e. The summed E-state index contributed by atoms with van der Waals surface area (Å²) in [5.41, 5.74) is 0.983. The van der Waals surface area contributed by atoms with E-state index >= 15 is 0 Å². The molecule has 8 heteroatoms. The molecule has 8 nitrogen and oxygen atoms in total. The topological polar surface area (TPSA) is 105 Å². The number of esters is 1. The predicted octanol–water partition coefficient (Wildman–Crippen LogP) is 0.985. The molecule has 0 unspecified atom stereocenters. The predicted molar refractivity (Wildman–Crippen MR) is 92.9 cm³/mol. The Morgan fingerprint density at radius 2 is 1.96 bits per heavy atom. The molecule has 1 aliphatic heterocycles. The van der Waals surface area contributed by atoms with E-state index in [1.807, 2.05) is 42.6 Å². The van der Waals surface area contributed by atoms with E-state index in [0.29, 0.717) is 6.54 Å². The van der Waals surface area contributed by atoms with Gasteiger partial charge in [0.15, 0.2) is 6.61 Å². The van der Waals surface area contributed by atoms with Crippen LogP contribution >= 0.6 is 0 Å². The molecule has 0 saturated carbocycles. The first-order chi connectivity index (χ1) is 12.4. The Hall–Kier alpha value is -2.90. The lowest BCUT2D eigenvalue weighted by Crippen LogP contribution is -2.41. The lowest BCUT2D eigenvalue weighted by molar-refractivity contribution is -0.152. The normalized spacial score (nSPS) is 17.5. The van der Waals surface area contributed by atoms with Crippen LogP contribution in [0.15, 0.2) is 30.3 Å². The van der Waals surface area contributed by atoms with Crippen molar-refractivity contribution < 1.29 is 23.9 Å². The van der Waals surface area contributed by atoms with Gasteiger partial charge < -0.3 is 15.0 Å². The van der Waals surface area contributed by atoms with Gasteiger partial charge in [0.2, 0.25) is 5.91 Å². The average Bonchev–Trinajstić information content (AvgIpc) is 3.01. The van der Waals surface area contributed by atoms with Gasteiger partial charge in [0, 0.05) is 19.5 Å². The summed E-state index contributed by atoms with van der Waals surface area (Å²) in [6.45, 7) is 3.67. The number of carbonyl (C=O) groups excluding carboxylic acids is 4. The molecule has 0 aliphatic carbocycles. The number of ether oxygens (including phenoxy) is 1. The first kappa shape index (κ1) is 19.4. The molecule has 2 N–H and O–H groups in total. The summed E-state index contributed by atoms with van der Waals surface area (Å²) in [5.74, 6) is -2.09. The van der Waals surface area contributed by atoms with Crippen molar-refractivity contribution in [3.63, 3.8) is 0 Å². The number of nitrogens with one attached hydrogen (secondary N) is 2. The van der Waals surface area contributed by atoms with Crippen molar-refractivity contribution in [1.29, 1.82) is 0 Å². The lowest BCUT2D eigenvalue weighted by Gasteiger charge is -2.25. The van der Waals surface area contributed by atoms with Gasteiger partial charge >= 0.3 is 12.0 Å². The van der Waals surface area contributed by atoms with E-state index < -0.39 is 30.4 Å². The van der Waals surface area contributed by atoms with E-state index in [4.69, 9.17) is 4.74 Å². The number of carbonyl (C=O) groups is 4. The van der Waals surface area contributed by atoms with Crippen LogP contribution in [0.5, 0.6) is 0 Å². The van der Waals surface area contributed by atoms with E-state index in [1.54, 1.807) is 11.8 Å². The van der Waals surface area contributed by atoms with Crippen LogP contribution in [0.1, 0.15) is 31.9 Å². The van der Waals surface area contributed by atoms with Gasteiger partial charge in [-0.2, -0.15) is 0 Å². The van der Waals surface area contributed by atoms with Crippen molar-refractivity contribution in [2.45, 2.75) is 26.3 Å². The number of hydrogen-bond acceptors (Lipinski definition) is 5. The first-order valence-corrected chi connectivity index (χ1v) is 8.51. The number of nitrogens with zero attached hydrogens (tertiary/aromatic N) is 1. The van der Waals surface area contributed by atoms with Crippen molar-refractivity contribution >= 4 is 23.8 Å². The van der Waals surface area contributed by atoms with Gasteiger partial charge in [0.1, 0.15) is 0 Å². The van der Waals surface area contributed by atoms with Crippen LogP contribution in [-0.2, 0) is 19.1 Å². The Morgan fingerprint density at radius 3 is 2.62 bits per heavy atom. The SMILES string of the molecule is CCNC(=O)NC(=O)COC(=O)[C@@H]1CC(=O)N([C@@H](C)c2ccccc2)C1. The second-order valence-corrected chi connectivity index (χ2v) is 6.05. The number of imide groups is 1. The molecule has 1 fully saturated rings. The molecule has 1 heterocycles. The summed E-state index contributed by atoms with van der Waals surface area (Å²) < 4.78 is 4.94. The van der Waals surface area contributed by atoms with Gasteiger partial charge in [0.05, 0.1) is 12.0 Å². The van der Waals surface area contributed by atoms with Crippen molar-refractivity contribution in [2.75, 3.05) is 19.7 Å². The fourth-order valence-corrected chi connectivity index (χ4v) is 2.80. The third-order valence-electron chi connectivity index (χ3n) is 4.18. The van der Waals surface area contributed by atoms with Crippen LogP contribution in [0.3, 0.4) is 0 Å². The molecule has 2 atom stereocenters. The summed E-state index contributed by atoms with van der Waals surface area (Å²) >= 11 is 0. The Morgan fingerprint density at radius 1 is 1.27 bits per heavy atom. The monoisotopic (exact) mass is 361 g/mol. The summed E-state index contributed by atoms with van der Waals surface area (Å²) in [4.78, 5) is 48.8. The molecule has 26 heavy (non-hydrogen) atoms. The number of likely N-dealkylation sites (tertiary alicyclic amines) is 1. The van der Waals surface area contributed by atoms with Crippen LogP contribution in [0.2, 0.25) is 0 Å². The van der Waals surface area contributed by atoms with Crippen LogP contribution in [0, 0.1) is 5.92 Å². The summed E-state index contributed by atoms with van der Waals surface area (Å²) in [6.07, 6.45) is 0.0496. The van der Waals surface area contributed by atoms with E-state index in [-0.39, 0.29) is 24.9 Å². The van der Waals surface area contributed by atoms with E-state index in [1.165, 1.54) is 0 Å². The highest BCUT2D eigenvalue weighted by Gasteiger charge is 2.38. The third-order valence-corrected chi connectivity index (χ3v) is 4.18. The van der Waals surface area contributed by atoms with Gasteiger partial charge in [-0.15, -0.1) is 0 Å². The molecule has 2 rings (SSSR count). The maximum absolute atomic E-state index is 12.2. The molecular weight excluding hydrogens is 338 g/mol. The van der Waals surface area contributed by atoms with Crippen molar-refractivity contribution in [1.82, 2.24) is 15.5 Å². The summed E-state index contributed by atoms with van der Waals surface area (Å²) in [7, 11) is 0. The highest BCUT2D eigenvalue weighted by Crippen LogP contribution is 2.28. The molecule has 1 aromatic carbocycles. The number of hydrogen-bond donors (Lipinski definition) is 2. The fraction of sp³-hybridized carbons (Fsp3) is 0.444. The van der Waals surface area contributed by atoms with Crippen molar-refractivity contribution in [2.24, 2.45) is 5.92 Å². The minimum atomic E-state index is -0.719. The second kappa shape index (κ2) is 8.98. The Bertz CT molecular complexity index is 677. The maximum atomic E-state index is 12.2. The molecular formula is C18H23N3O5. The van der Waals surface area contributed by atoms with E-state index in [9.17, 15) is 19.2 Å². The Balaban J connectivity index is 1.85. The van der Waals surface area contributed by atoms with Gasteiger partial charge in [-0.05, 0) is 19.4 Å². The minimum Gasteiger partial charge on any atom is -0.455 e. The van der Waals surface area contributed by atoms with Crippen molar-refractivity contribution in [3.05, 3.63) is 35.9 Å². The standard InChI is InChI=1S/C18H23N3O5/c1-3-19-18(25)20-15(22)11-26-17(24)14-9-16(23)21(10-14)12(2)13-7-5-4-6-8-13/h4-8,12,14H,3,9-11H2,1-2H3,(H2,19,20,22,25)/t12-,14+/m0/s1. The second-order valence-electron chi connectivity index (χ2n) is 6.05. The Labute approximate surface area is 151 Å². The zero-order valence-electron chi connectivity index (χ0n) is 14.9. The van der Waals surface area contributed by atoms with Crippen LogP contribution in [-0.4, -0.2) is 48.4 Å². The van der Waals surface area contributed by atoms with Gasteiger partial charge in [-0.3, -0.25) is 19.7 Å². The zero-order valence-corrected chi connectivity index (χ0v) is 14.9. The number of rotatable bonds is 6. The molecule has 140 valence electrons. The van der Waals surface area contributed by atoms with Crippen molar-refractivity contribution in [3.8, 4) is 0 Å². The third kappa shape index (κ3) is 5.05. The molecule has 0 aromatic heterocycles. The maximum Gasteiger partial charge on any atom is 0.321 e. The molecule has 0 spiro atoms. The highest BCUT2D eigenvalue weighted by atomic mass is 16.5. The minimum absolute atomic E-state index is 0.0496. The Kier molecular flexibility index (Phi) is 6.71. The van der Waals surface area contributed by atoms with Gasteiger partial charge in [-0.25, -0.2) is 4.79 Å². The molecule has 4 amide bonds. The summed E-state index contributed by atoms with van der Waals surface area (Å²) in [5, 5.41) is 4.44. The number of urea groups is 1. The largest absolute Gasteiger partial charge is 0.455 e.